The van der Waals surface area contributed by atoms with Crippen LogP contribution in [0.4, 0.5) is 5.82 Å². The first-order valence-corrected chi connectivity index (χ1v) is 28.8. The van der Waals surface area contributed by atoms with Crippen LogP contribution in [0.5, 0.6) is 0 Å². The number of nitrogens with zero attached hydrogens (tertiary/aromatic N) is 4. The van der Waals surface area contributed by atoms with Gasteiger partial charge in [-0.1, -0.05) is 117 Å². The molecule has 302 valence electrons. The molecule has 3 heterocycles. The van der Waals surface area contributed by atoms with E-state index in [9.17, 15) is 0 Å². The zero-order chi connectivity index (χ0) is 41.2. The summed E-state index contributed by atoms with van der Waals surface area (Å²) in [4.78, 5) is 14.3. The Hall–Kier alpha value is -3.24. The van der Waals surface area contributed by atoms with Crippen molar-refractivity contribution in [2.45, 2.75) is 141 Å². The van der Waals surface area contributed by atoms with Crippen molar-refractivity contribution in [1.82, 2.24) is 19.5 Å². The molecule has 0 unspecified atom stereocenters. The Balaban J connectivity index is 1.55. The highest BCUT2D eigenvalue weighted by Crippen LogP contribution is 2.47. The van der Waals surface area contributed by atoms with E-state index in [-0.39, 0.29) is 15.1 Å². The number of rotatable bonds is 10. The summed E-state index contributed by atoms with van der Waals surface area (Å²) in [6.07, 6.45) is 3.75. The normalized spacial score (nSPS) is 20.6. The third-order valence-corrected chi connectivity index (χ3v) is 26.6. The van der Waals surface area contributed by atoms with Crippen LogP contribution in [0.1, 0.15) is 79.9 Å². The van der Waals surface area contributed by atoms with Crippen LogP contribution >= 0.6 is 0 Å². The third-order valence-electron chi connectivity index (χ3n) is 13.2. The van der Waals surface area contributed by atoms with E-state index in [4.69, 9.17) is 33.7 Å². The second kappa shape index (κ2) is 14.9. The molecule has 4 atom stereocenters. The van der Waals surface area contributed by atoms with E-state index < -0.39 is 49.5 Å². The summed E-state index contributed by atoms with van der Waals surface area (Å²) in [5.74, 6) is 0.960. The molecule has 1 saturated heterocycles. The SMILES string of the molecule is CC(C)(C)[Si](C)(C)OC[C@H]1O[C@@H](n2c(/C=C/c3cc4ccccc4c4ccccc34)nc3c(N)ncnc32)[C@H](O[Si](C)(C)C(C)(C)C)[C@@H]1O[Si](C)(C)C(C)(C)C. The number of fused-ring (bicyclic) bond motifs is 4. The van der Waals surface area contributed by atoms with Crippen molar-refractivity contribution in [2.24, 2.45) is 0 Å². The van der Waals surface area contributed by atoms with Crippen molar-refractivity contribution in [3.63, 3.8) is 0 Å². The van der Waals surface area contributed by atoms with Gasteiger partial charge in [-0.3, -0.25) is 4.57 Å². The van der Waals surface area contributed by atoms with E-state index >= 15 is 0 Å². The van der Waals surface area contributed by atoms with Gasteiger partial charge in [0.1, 0.15) is 30.5 Å². The van der Waals surface area contributed by atoms with Crippen LogP contribution in [-0.2, 0) is 18.0 Å². The Morgan fingerprint density at radius 3 is 1.88 bits per heavy atom. The molecular formula is C44H65N5O4Si3. The molecule has 0 amide bonds. The number of ether oxygens (including phenoxy) is 1. The minimum absolute atomic E-state index is 0.0255. The number of aromatic nitrogens is 4. The molecule has 0 spiro atoms. The van der Waals surface area contributed by atoms with Gasteiger partial charge in [0.25, 0.3) is 0 Å². The lowest BCUT2D eigenvalue weighted by Crippen LogP contribution is -2.54. The highest BCUT2D eigenvalue weighted by Gasteiger charge is 2.55. The van der Waals surface area contributed by atoms with Crippen molar-refractivity contribution in [2.75, 3.05) is 12.3 Å². The number of imidazole rings is 1. The van der Waals surface area contributed by atoms with E-state index in [0.717, 1.165) is 10.9 Å². The largest absolute Gasteiger partial charge is 0.414 e. The van der Waals surface area contributed by atoms with E-state index in [2.05, 4.69) is 172 Å². The van der Waals surface area contributed by atoms with E-state index in [1.54, 1.807) is 0 Å². The van der Waals surface area contributed by atoms with E-state index in [1.165, 1.54) is 22.5 Å². The first kappa shape index (κ1) is 42.4. The van der Waals surface area contributed by atoms with E-state index in [0.29, 0.717) is 29.4 Å². The lowest BCUT2D eigenvalue weighted by molar-refractivity contribution is -0.0473. The number of nitrogen functional groups attached to an aromatic ring is 1. The van der Waals surface area contributed by atoms with Gasteiger partial charge in [0.05, 0.1) is 6.61 Å². The number of anilines is 1. The Morgan fingerprint density at radius 1 is 0.714 bits per heavy atom. The minimum atomic E-state index is -2.42. The van der Waals surface area contributed by atoms with Crippen LogP contribution in [0.3, 0.4) is 0 Å². The molecule has 0 aliphatic carbocycles. The summed E-state index contributed by atoms with van der Waals surface area (Å²) in [5, 5.41) is 4.66. The maximum absolute atomic E-state index is 7.52. The summed E-state index contributed by atoms with van der Waals surface area (Å²) in [6, 6.07) is 19.3. The lowest BCUT2D eigenvalue weighted by atomic mass is 9.97. The summed E-state index contributed by atoms with van der Waals surface area (Å²) in [7, 11) is -6.94. The van der Waals surface area contributed by atoms with Gasteiger partial charge < -0.3 is 23.7 Å². The molecule has 5 aromatic rings. The fraction of sp³-hybridized carbons (Fsp3) is 0.523. The van der Waals surface area contributed by atoms with Crippen LogP contribution in [0.25, 0.3) is 44.9 Å². The Morgan fingerprint density at radius 2 is 1.27 bits per heavy atom. The summed E-state index contributed by atoms with van der Waals surface area (Å²) < 4.78 is 31.3. The predicted molar refractivity (Wildman–Crippen MR) is 241 cm³/mol. The topological polar surface area (TPSA) is 107 Å². The molecule has 0 bridgehead atoms. The molecule has 2 aromatic heterocycles. The second-order valence-electron chi connectivity index (χ2n) is 20.2. The number of hydrogen-bond donors (Lipinski definition) is 1. The Bertz CT molecular complexity index is 2250. The third kappa shape index (κ3) is 8.08. The Kier molecular flexibility index (Phi) is 11.2. The average molecular weight is 812 g/mol. The smallest absolute Gasteiger partial charge is 0.192 e. The molecular weight excluding hydrogens is 747 g/mol. The second-order valence-corrected chi connectivity index (χ2v) is 34.5. The number of benzene rings is 3. The van der Waals surface area contributed by atoms with Gasteiger partial charge in [-0.25, -0.2) is 15.0 Å². The summed E-state index contributed by atoms with van der Waals surface area (Å²) in [6.45, 7) is 34.6. The standard InChI is InChI=1S/C44H65N5O4Si3/c1-42(2,3)54(10,11)50-27-34-37(52-55(12,13)43(4,5)6)38(53-56(14,15)44(7,8)9)41(51-34)49-35(48-36-39(45)46-28-47-40(36)49)25-24-30-26-29-20-16-17-21-31(29)33-23-19-18-22-32(30)33/h16-26,28,34,37-38,41H,27H2,1-15H3,(H2,45,46,47)/b25-24+/t34-,37-,38-,41-/m1/s1. The van der Waals surface area contributed by atoms with Gasteiger partial charge >= 0.3 is 0 Å². The Labute approximate surface area is 337 Å². The highest BCUT2D eigenvalue weighted by atomic mass is 28.4. The molecule has 1 fully saturated rings. The molecule has 1 aliphatic rings. The molecule has 3 aromatic carbocycles. The lowest BCUT2D eigenvalue weighted by Gasteiger charge is -2.44. The van der Waals surface area contributed by atoms with Crippen molar-refractivity contribution in [3.8, 4) is 0 Å². The molecule has 9 nitrogen and oxygen atoms in total. The molecule has 2 N–H and O–H groups in total. The zero-order valence-electron chi connectivity index (χ0n) is 36.4. The first-order chi connectivity index (χ1) is 25.8. The van der Waals surface area contributed by atoms with Gasteiger partial charge in [0.15, 0.2) is 48.2 Å². The van der Waals surface area contributed by atoms with Gasteiger partial charge in [-0.15, -0.1) is 0 Å². The quantitative estimate of drug-likeness (QED) is 0.110. The van der Waals surface area contributed by atoms with Crippen LogP contribution in [0.15, 0.2) is 60.9 Å². The number of hydrogen-bond acceptors (Lipinski definition) is 8. The van der Waals surface area contributed by atoms with Gasteiger partial charge in [0.2, 0.25) is 0 Å². The fourth-order valence-corrected chi connectivity index (χ4v) is 10.2. The van der Waals surface area contributed by atoms with Crippen molar-refractivity contribution < 1.29 is 18.0 Å². The van der Waals surface area contributed by atoms with Crippen molar-refractivity contribution in [3.05, 3.63) is 72.3 Å². The average Bonchev–Trinajstić information content (AvgIpc) is 3.62. The van der Waals surface area contributed by atoms with Crippen molar-refractivity contribution in [1.29, 1.82) is 0 Å². The first-order valence-electron chi connectivity index (χ1n) is 20.0. The molecule has 0 saturated carbocycles. The predicted octanol–water partition coefficient (Wildman–Crippen LogP) is 11.6. The molecule has 0 radical (unpaired) electrons. The maximum Gasteiger partial charge on any atom is 0.192 e. The van der Waals surface area contributed by atoms with Crippen molar-refractivity contribution >= 4 is 75.6 Å². The highest BCUT2D eigenvalue weighted by molar-refractivity contribution is 6.75. The minimum Gasteiger partial charge on any atom is -0.414 e. The van der Waals surface area contributed by atoms with Crippen LogP contribution in [0, 0.1) is 0 Å². The zero-order valence-corrected chi connectivity index (χ0v) is 39.4. The maximum atomic E-state index is 7.52. The van der Waals surface area contributed by atoms with Gasteiger partial charge in [0, 0.05) is 0 Å². The monoisotopic (exact) mass is 811 g/mol. The molecule has 12 heteroatoms. The molecule has 56 heavy (non-hydrogen) atoms. The fourth-order valence-electron chi connectivity index (χ4n) is 6.56. The van der Waals surface area contributed by atoms with Crippen LogP contribution < -0.4 is 5.73 Å². The molecule has 6 rings (SSSR count). The van der Waals surface area contributed by atoms with E-state index in [1.807, 2.05) is 6.08 Å². The number of nitrogens with two attached hydrogens (primary N) is 1. The van der Waals surface area contributed by atoms with Crippen LogP contribution in [0.2, 0.25) is 54.4 Å². The summed E-state index contributed by atoms with van der Waals surface area (Å²) >= 11 is 0. The van der Waals surface area contributed by atoms with Gasteiger partial charge in [-0.2, -0.15) is 0 Å². The van der Waals surface area contributed by atoms with Crippen LogP contribution in [-0.4, -0.2) is 69.4 Å². The van der Waals surface area contributed by atoms with Gasteiger partial charge in [-0.05, 0) is 93.6 Å². The summed E-state index contributed by atoms with van der Waals surface area (Å²) in [5.41, 5.74) is 8.74. The molecule has 1 aliphatic heterocycles.